The molecule has 3 rings (SSSR count). The number of fused-ring (bicyclic) bond motifs is 1. The zero-order chi connectivity index (χ0) is 11.7. The van der Waals surface area contributed by atoms with Crippen LogP contribution in [-0.2, 0) is 6.54 Å². The minimum absolute atomic E-state index is 0.119. The Balaban J connectivity index is 1.67. The maximum absolute atomic E-state index is 10.9. The number of nitrogens with one attached hydrogen (secondary N) is 2. The molecule has 1 fully saturated rings. The van der Waals surface area contributed by atoms with Gasteiger partial charge in [-0.1, -0.05) is 6.07 Å². The van der Waals surface area contributed by atoms with E-state index in [0.29, 0.717) is 20.1 Å². The molecule has 2 heterocycles. The third-order valence-electron chi connectivity index (χ3n) is 2.77. The van der Waals surface area contributed by atoms with Crippen molar-refractivity contribution in [2.24, 2.45) is 0 Å². The predicted molar refractivity (Wildman–Crippen MR) is 59.5 cm³/mol. The van der Waals surface area contributed by atoms with Crippen LogP contribution in [-0.4, -0.2) is 31.1 Å². The van der Waals surface area contributed by atoms with Gasteiger partial charge in [0.25, 0.3) is 0 Å². The minimum Gasteiger partial charge on any atom is -0.454 e. The fourth-order valence-corrected chi connectivity index (χ4v) is 1.89. The molecule has 2 aliphatic rings. The van der Waals surface area contributed by atoms with Gasteiger partial charge in [-0.2, -0.15) is 0 Å². The van der Waals surface area contributed by atoms with Gasteiger partial charge in [-0.15, -0.1) is 0 Å². The molecule has 6 heteroatoms. The summed E-state index contributed by atoms with van der Waals surface area (Å²) in [5, 5.41) is 5.45. The molecule has 0 aromatic heterocycles. The summed E-state index contributed by atoms with van der Waals surface area (Å²) < 4.78 is 10.6. The lowest BCUT2D eigenvalue weighted by Crippen LogP contribution is -2.53. The van der Waals surface area contributed by atoms with E-state index in [1.54, 1.807) is 0 Å². The number of benzene rings is 1. The van der Waals surface area contributed by atoms with E-state index >= 15 is 0 Å². The van der Waals surface area contributed by atoms with Crippen LogP contribution in [0.5, 0.6) is 11.5 Å². The van der Waals surface area contributed by atoms with Crippen molar-refractivity contribution in [2.45, 2.75) is 6.54 Å². The second-order valence-electron chi connectivity index (χ2n) is 4.02. The van der Waals surface area contributed by atoms with E-state index in [1.807, 2.05) is 18.2 Å². The molecule has 1 aromatic rings. The van der Waals surface area contributed by atoms with Crippen molar-refractivity contribution in [1.29, 1.82) is 0 Å². The summed E-state index contributed by atoms with van der Waals surface area (Å²) in [6.45, 7) is 2.16. The molecule has 0 radical (unpaired) electrons. The number of nitrogens with zero attached hydrogens (tertiary/aromatic N) is 1. The van der Waals surface area contributed by atoms with E-state index in [4.69, 9.17) is 9.47 Å². The number of carbonyl (C=O) groups excluding carboxylic acids is 1. The Morgan fingerprint density at radius 2 is 1.94 bits per heavy atom. The number of hydrogen-bond acceptors (Lipinski definition) is 4. The normalized spacial score (nSPS) is 18.7. The summed E-state index contributed by atoms with van der Waals surface area (Å²) in [6.07, 6.45) is 0. The standard InChI is InChI=1S/C11H13N3O3/c15-11-12-5-14(6-13-11)4-8-1-2-9-10(3-8)17-7-16-9/h1-3H,4-7H2,(H2,12,13,15). The highest BCUT2D eigenvalue weighted by molar-refractivity contribution is 5.74. The zero-order valence-corrected chi connectivity index (χ0v) is 9.23. The first kappa shape index (κ1) is 10.2. The van der Waals surface area contributed by atoms with Crippen LogP contribution in [0, 0.1) is 0 Å². The lowest BCUT2D eigenvalue weighted by atomic mass is 10.2. The van der Waals surface area contributed by atoms with Gasteiger partial charge in [-0.05, 0) is 17.7 Å². The largest absolute Gasteiger partial charge is 0.454 e. The van der Waals surface area contributed by atoms with Gasteiger partial charge in [0.1, 0.15) is 0 Å². The fraction of sp³-hybridized carbons (Fsp3) is 0.364. The fourth-order valence-electron chi connectivity index (χ4n) is 1.89. The van der Waals surface area contributed by atoms with Crippen LogP contribution in [0.3, 0.4) is 0 Å². The first-order chi connectivity index (χ1) is 8.31. The highest BCUT2D eigenvalue weighted by Gasteiger charge is 2.17. The van der Waals surface area contributed by atoms with Crippen LogP contribution in [0.25, 0.3) is 0 Å². The predicted octanol–water partition coefficient (Wildman–Crippen LogP) is 0.445. The second-order valence-corrected chi connectivity index (χ2v) is 4.02. The van der Waals surface area contributed by atoms with Crippen LogP contribution < -0.4 is 20.1 Å². The van der Waals surface area contributed by atoms with Crippen LogP contribution >= 0.6 is 0 Å². The number of urea groups is 1. The lowest BCUT2D eigenvalue weighted by Gasteiger charge is -2.27. The van der Waals surface area contributed by atoms with Crippen molar-refractivity contribution >= 4 is 6.03 Å². The van der Waals surface area contributed by atoms with E-state index < -0.39 is 0 Å². The van der Waals surface area contributed by atoms with Gasteiger partial charge in [0.05, 0.1) is 13.3 Å². The molecule has 6 nitrogen and oxygen atoms in total. The van der Waals surface area contributed by atoms with Crippen molar-refractivity contribution in [2.75, 3.05) is 20.1 Å². The molecule has 2 amide bonds. The summed E-state index contributed by atoms with van der Waals surface area (Å²) in [5.74, 6) is 1.58. The molecule has 2 aliphatic heterocycles. The van der Waals surface area contributed by atoms with Crippen LogP contribution in [0.2, 0.25) is 0 Å². The second kappa shape index (κ2) is 4.14. The Hall–Kier alpha value is -1.95. The zero-order valence-electron chi connectivity index (χ0n) is 9.23. The van der Waals surface area contributed by atoms with Crippen molar-refractivity contribution in [3.63, 3.8) is 0 Å². The van der Waals surface area contributed by atoms with E-state index in [0.717, 1.165) is 23.6 Å². The SMILES string of the molecule is O=C1NCN(Cc2ccc3c(c2)OCO3)CN1. The Bertz CT molecular complexity index is 440. The van der Waals surface area contributed by atoms with Crippen molar-refractivity contribution < 1.29 is 14.3 Å². The average molecular weight is 235 g/mol. The molecular formula is C11H13N3O3. The van der Waals surface area contributed by atoms with Gasteiger partial charge in [-0.25, -0.2) is 4.79 Å². The molecule has 17 heavy (non-hydrogen) atoms. The molecule has 0 aliphatic carbocycles. The molecule has 90 valence electrons. The van der Waals surface area contributed by atoms with Gasteiger partial charge < -0.3 is 20.1 Å². The maximum Gasteiger partial charge on any atom is 0.316 e. The summed E-state index contributed by atoms with van der Waals surface area (Å²) >= 11 is 0. The average Bonchev–Trinajstić information content (AvgIpc) is 2.79. The van der Waals surface area contributed by atoms with Crippen LogP contribution in [0.1, 0.15) is 5.56 Å². The molecule has 0 saturated carbocycles. The molecule has 0 spiro atoms. The number of amides is 2. The van der Waals surface area contributed by atoms with E-state index in [1.165, 1.54) is 0 Å². The summed E-state index contributed by atoms with van der Waals surface area (Å²) in [6, 6.07) is 5.77. The van der Waals surface area contributed by atoms with Gasteiger partial charge in [0.2, 0.25) is 6.79 Å². The first-order valence-corrected chi connectivity index (χ1v) is 5.44. The Labute approximate surface area is 98.5 Å². The summed E-state index contributed by atoms with van der Waals surface area (Å²) in [5.41, 5.74) is 1.13. The molecule has 0 atom stereocenters. The highest BCUT2D eigenvalue weighted by atomic mass is 16.7. The van der Waals surface area contributed by atoms with Gasteiger partial charge in [0.15, 0.2) is 11.5 Å². The number of hydrogen-bond donors (Lipinski definition) is 2. The van der Waals surface area contributed by atoms with Crippen molar-refractivity contribution in [3.8, 4) is 11.5 Å². The van der Waals surface area contributed by atoms with Crippen molar-refractivity contribution in [1.82, 2.24) is 15.5 Å². The van der Waals surface area contributed by atoms with Gasteiger partial charge in [-0.3, -0.25) is 4.90 Å². The monoisotopic (exact) mass is 235 g/mol. The Morgan fingerprint density at radius 3 is 2.76 bits per heavy atom. The molecule has 1 saturated heterocycles. The first-order valence-electron chi connectivity index (χ1n) is 5.44. The van der Waals surface area contributed by atoms with Gasteiger partial charge in [0, 0.05) is 6.54 Å². The third-order valence-corrected chi connectivity index (χ3v) is 2.77. The van der Waals surface area contributed by atoms with Crippen molar-refractivity contribution in [3.05, 3.63) is 23.8 Å². The number of rotatable bonds is 2. The Kier molecular flexibility index (Phi) is 2.49. The van der Waals surface area contributed by atoms with E-state index in [9.17, 15) is 4.79 Å². The molecule has 0 bridgehead atoms. The highest BCUT2D eigenvalue weighted by Crippen LogP contribution is 2.32. The molecule has 0 unspecified atom stereocenters. The number of ether oxygens (including phenoxy) is 2. The number of carbonyl (C=O) groups is 1. The van der Waals surface area contributed by atoms with Crippen LogP contribution in [0.15, 0.2) is 18.2 Å². The minimum atomic E-state index is -0.119. The summed E-state index contributed by atoms with van der Waals surface area (Å²) in [7, 11) is 0. The van der Waals surface area contributed by atoms with E-state index in [-0.39, 0.29) is 6.03 Å². The third kappa shape index (κ3) is 2.12. The van der Waals surface area contributed by atoms with Crippen LogP contribution in [0.4, 0.5) is 4.79 Å². The lowest BCUT2D eigenvalue weighted by molar-refractivity contribution is 0.173. The molecule has 1 aromatic carbocycles. The molecular weight excluding hydrogens is 222 g/mol. The topological polar surface area (TPSA) is 62.8 Å². The quantitative estimate of drug-likeness (QED) is 0.781. The summed E-state index contributed by atoms with van der Waals surface area (Å²) in [4.78, 5) is 13.0. The van der Waals surface area contributed by atoms with E-state index in [2.05, 4.69) is 15.5 Å². The smallest absolute Gasteiger partial charge is 0.316 e. The van der Waals surface area contributed by atoms with Gasteiger partial charge >= 0.3 is 6.03 Å². The molecule has 2 N–H and O–H groups in total. The Morgan fingerprint density at radius 1 is 1.18 bits per heavy atom. The maximum atomic E-state index is 10.9.